The maximum atomic E-state index is 12.0. The molecule has 0 radical (unpaired) electrons. The fraction of sp³-hybridized carbons (Fsp3) is 0.556. The van der Waals surface area contributed by atoms with E-state index in [-0.39, 0.29) is 18.4 Å². The molecule has 0 bridgehead atoms. The number of amides is 1. The summed E-state index contributed by atoms with van der Waals surface area (Å²) in [6.45, 7) is 3.95. The summed E-state index contributed by atoms with van der Waals surface area (Å²) in [6.07, 6.45) is 0. The first-order valence-corrected chi connectivity index (χ1v) is 8.32. The zero-order valence-corrected chi connectivity index (χ0v) is 14.8. The maximum Gasteiger partial charge on any atom is 0.313 e. The van der Waals surface area contributed by atoms with Crippen molar-refractivity contribution in [3.63, 3.8) is 0 Å². The molecule has 1 amide bonds. The van der Waals surface area contributed by atoms with Crippen LogP contribution in [0.25, 0.3) is 0 Å². The average Bonchev–Trinajstić information content (AvgIpc) is 3.09. The number of aliphatic carboxylic acids is 1. The van der Waals surface area contributed by atoms with Crippen LogP contribution in [0.15, 0.2) is 18.2 Å². The number of carbonyl (C=O) groups is 2. The summed E-state index contributed by atoms with van der Waals surface area (Å²) in [7, 11) is 3.20. The molecule has 25 heavy (non-hydrogen) atoms. The molecule has 136 valence electrons. The van der Waals surface area contributed by atoms with Crippen LogP contribution in [0.3, 0.4) is 0 Å². The van der Waals surface area contributed by atoms with Gasteiger partial charge in [0.2, 0.25) is 5.91 Å². The van der Waals surface area contributed by atoms with Crippen LogP contribution in [-0.4, -0.2) is 67.2 Å². The van der Waals surface area contributed by atoms with E-state index in [1.807, 2.05) is 18.2 Å². The van der Waals surface area contributed by atoms with E-state index in [0.29, 0.717) is 37.7 Å². The maximum absolute atomic E-state index is 12.0. The van der Waals surface area contributed by atoms with Crippen LogP contribution in [0.1, 0.15) is 12.5 Å². The Morgan fingerprint density at radius 1 is 1.24 bits per heavy atom. The van der Waals surface area contributed by atoms with Crippen LogP contribution in [0.5, 0.6) is 11.5 Å². The Labute approximate surface area is 147 Å². The Balaban J connectivity index is 1.80. The van der Waals surface area contributed by atoms with Crippen molar-refractivity contribution in [1.29, 1.82) is 0 Å². The lowest BCUT2D eigenvalue weighted by atomic mass is 9.81. The number of carbonyl (C=O) groups excluding carboxylic acids is 1. The van der Waals surface area contributed by atoms with Gasteiger partial charge < -0.3 is 19.5 Å². The number of hydrogen-bond donors (Lipinski definition) is 1. The van der Waals surface area contributed by atoms with Crippen molar-refractivity contribution < 1.29 is 24.2 Å². The molecule has 1 aromatic rings. The van der Waals surface area contributed by atoms with Gasteiger partial charge in [-0.15, -0.1) is 0 Å². The van der Waals surface area contributed by atoms with Crippen LogP contribution in [0, 0.1) is 11.3 Å². The number of hydrogen-bond acceptors (Lipinski definition) is 5. The Morgan fingerprint density at radius 2 is 2.00 bits per heavy atom. The fourth-order valence-corrected chi connectivity index (χ4v) is 4.15. The van der Waals surface area contributed by atoms with Gasteiger partial charge in [0.05, 0.1) is 14.2 Å². The van der Waals surface area contributed by atoms with E-state index in [1.54, 1.807) is 19.1 Å². The van der Waals surface area contributed by atoms with Crippen LogP contribution in [0.2, 0.25) is 0 Å². The van der Waals surface area contributed by atoms with Gasteiger partial charge in [0, 0.05) is 51.1 Å². The molecule has 2 heterocycles. The number of nitrogens with zero attached hydrogens (tertiary/aromatic N) is 2. The van der Waals surface area contributed by atoms with E-state index < -0.39 is 11.4 Å². The minimum atomic E-state index is -0.877. The molecule has 0 spiro atoms. The monoisotopic (exact) mass is 348 g/mol. The number of carboxylic acid groups (broad SMARTS) is 1. The third-order valence-corrected chi connectivity index (χ3v) is 5.43. The topological polar surface area (TPSA) is 79.3 Å². The van der Waals surface area contributed by atoms with Gasteiger partial charge in [-0.2, -0.15) is 0 Å². The molecule has 1 aromatic carbocycles. The second-order valence-corrected chi connectivity index (χ2v) is 6.88. The summed E-state index contributed by atoms with van der Waals surface area (Å²) in [5.41, 5.74) is 0.0865. The largest absolute Gasteiger partial charge is 0.493 e. The first-order chi connectivity index (χ1) is 11.9. The summed E-state index contributed by atoms with van der Waals surface area (Å²) in [5.74, 6) is 0.412. The Hall–Kier alpha value is -2.28. The van der Waals surface area contributed by atoms with Gasteiger partial charge in [0.1, 0.15) is 5.41 Å². The van der Waals surface area contributed by atoms with E-state index in [2.05, 4.69) is 4.90 Å². The lowest BCUT2D eigenvalue weighted by Gasteiger charge is -2.25. The van der Waals surface area contributed by atoms with Crippen LogP contribution in [-0.2, 0) is 16.1 Å². The number of carboxylic acids is 1. The van der Waals surface area contributed by atoms with E-state index in [1.165, 1.54) is 6.92 Å². The lowest BCUT2D eigenvalue weighted by Crippen LogP contribution is -2.41. The summed E-state index contributed by atoms with van der Waals surface area (Å²) in [5, 5.41) is 9.83. The Kier molecular flexibility index (Phi) is 4.60. The molecule has 0 aliphatic carbocycles. The minimum absolute atomic E-state index is 0.0505. The Morgan fingerprint density at radius 3 is 2.56 bits per heavy atom. The molecule has 7 nitrogen and oxygen atoms in total. The molecule has 7 heteroatoms. The van der Waals surface area contributed by atoms with E-state index in [0.717, 1.165) is 5.56 Å². The molecule has 2 saturated heterocycles. The molecule has 2 fully saturated rings. The van der Waals surface area contributed by atoms with Gasteiger partial charge in [-0.05, 0) is 6.07 Å². The van der Waals surface area contributed by atoms with Crippen LogP contribution >= 0.6 is 0 Å². The highest BCUT2D eigenvalue weighted by atomic mass is 16.5. The van der Waals surface area contributed by atoms with Crippen LogP contribution < -0.4 is 9.47 Å². The summed E-state index contributed by atoms with van der Waals surface area (Å²) < 4.78 is 10.8. The van der Waals surface area contributed by atoms with Gasteiger partial charge in [-0.1, -0.05) is 12.1 Å². The van der Waals surface area contributed by atoms with Crippen molar-refractivity contribution >= 4 is 11.9 Å². The molecular formula is C18H24N2O5. The number of fused-ring (bicyclic) bond motifs is 1. The quantitative estimate of drug-likeness (QED) is 0.857. The first kappa shape index (κ1) is 17.5. The highest BCUT2D eigenvalue weighted by Gasteiger charge is 2.58. The third kappa shape index (κ3) is 2.93. The van der Waals surface area contributed by atoms with Gasteiger partial charge in [-0.3, -0.25) is 14.5 Å². The lowest BCUT2D eigenvalue weighted by molar-refractivity contribution is -0.149. The van der Waals surface area contributed by atoms with Crippen molar-refractivity contribution in [2.45, 2.75) is 13.5 Å². The summed E-state index contributed by atoms with van der Waals surface area (Å²) in [6, 6.07) is 5.70. The van der Waals surface area contributed by atoms with Crippen molar-refractivity contribution in [1.82, 2.24) is 9.80 Å². The number of para-hydroxylation sites is 1. The predicted octanol–water partition coefficient (Wildman–Crippen LogP) is 1.07. The molecule has 0 saturated carbocycles. The zero-order chi connectivity index (χ0) is 18.2. The third-order valence-electron chi connectivity index (χ3n) is 5.43. The highest BCUT2D eigenvalue weighted by Crippen LogP contribution is 2.44. The molecule has 1 N–H and O–H groups in total. The first-order valence-electron chi connectivity index (χ1n) is 8.32. The number of likely N-dealkylation sites (tertiary alicyclic amines) is 2. The molecule has 0 aromatic heterocycles. The van der Waals surface area contributed by atoms with E-state index in [9.17, 15) is 14.7 Å². The van der Waals surface area contributed by atoms with E-state index in [4.69, 9.17) is 9.47 Å². The van der Waals surface area contributed by atoms with Gasteiger partial charge >= 0.3 is 5.97 Å². The number of methoxy groups -OCH3 is 2. The predicted molar refractivity (Wildman–Crippen MR) is 90.6 cm³/mol. The second kappa shape index (κ2) is 6.55. The molecule has 3 rings (SSSR count). The van der Waals surface area contributed by atoms with Gasteiger partial charge in [0.25, 0.3) is 0 Å². The summed E-state index contributed by atoms with van der Waals surface area (Å²) in [4.78, 5) is 27.4. The van der Waals surface area contributed by atoms with Gasteiger partial charge in [-0.25, -0.2) is 0 Å². The molecule has 2 aliphatic heterocycles. The van der Waals surface area contributed by atoms with Crippen molar-refractivity contribution in [2.24, 2.45) is 11.3 Å². The number of benzene rings is 1. The number of ether oxygens (including phenoxy) is 2. The van der Waals surface area contributed by atoms with Crippen LogP contribution in [0.4, 0.5) is 0 Å². The molecule has 0 unspecified atom stereocenters. The van der Waals surface area contributed by atoms with Crippen molar-refractivity contribution in [3.8, 4) is 11.5 Å². The molecular weight excluding hydrogens is 324 g/mol. The zero-order valence-electron chi connectivity index (χ0n) is 14.8. The molecule has 2 aliphatic rings. The average molecular weight is 348 g/mol. The Bertz CT molecular complexity index is 692. The van der Waals surface area contributed by atoms with Crippen molar-refractivity contribution in [3.05, 3.63) is 23.8 Å². The summed E-state index contributed by atoms with van der Waals surface area (Å²) >= 11 is 0. The minimum Gasteiger partial charge on any atom is -0.493 e. The smallest absolute Gasteiger partial charge is 0.313 e. The highest BCUT2D eigenvalue weighted by molar-refractivity contribution is 5.80. The standard InChI is InChI=1S/C18H24N2O5/c1-12(21)20-9-14-8-19(10-18(14,11-20)17(22)23)7-13-5-4-6-15(24-2)16(13)25-3/h4-6,14H,7-11H2,1-3H3,(H,22,23)/t14-,18-/m1/s1. The normalized spacial score (nSPS) is 25.7. The second-order valence-electron chi connectivity index (χ2n) is 6.88. The van der Waals surface area contributed by atoms with Crippen molar-refractivity contribution in [2.75, 3.05) is 40.4 Å². The van der Waals surface area contributed by atoms with Gasteiger partial charge in [0.15, 0.2) is 11.5 Å². The fourth-order valence-electron chi connectivity index (χ4n) is 4.15. The number of rotatable bonds is 5. The van der Waals surface area contributed by atoms with E-state index >= 15 is 0 Å². The SMILES string of the molecule is COc1cccc(CN2C[C@@H]3CN(C(C)=O)C[C@]3(C(=O)O)C2)c1OC. The molecule has 2 atom stereocenters.